The smallest absolute Gasteiger partial charge is 0.00107 e. The molecule has 0 heterocycles. The highest BCUT2D eigenvalue weighted by Crippen LogP contribution is 2.30. The van der Waals surface area contributed by atoms with Crippen molar-refractivity contribution in [2.45, 2.75) is 30.9 Å². The maximum Gasteiger partial charge on any atom is -0.00107 e. The van der Waals surface area contributed by atoms with Crippen LogP contribution < -0.4 is 0 Å². The van der Waals surface area contributed by atoms with Crippen molar-refractivity contribution in [3.63, 3.8) is 0 Å². The first-order valence-corrected chi connectivity index (χ1v) is 5.11. The van der Waals surface area contributed by atoms with Crippen LogP contribution in [-0.4, -0.2) is 17.4 Å². The van der Waals surface area contributed by atoms with Crippen LogP contribution in [0.4, 0.5) is 0 Å². The van der Waals surface area contributed by atoms with Gasteiger partial charge in [0.25, 0.3) is 0 Å². The van der Waals surface area contributed by atoms with E-state index >= 15 is 0 Å². The summed E-state index contributed by atoms with van der Waals surface area (Å²) in [6.45, 7) is 0. The van der Waals surface area contributed by atoms with Crippen LogP contribution in [-0.2, 0) is 0 Å². The summed E-state index contributed by atoms with van der Waals surface area (Å²) in [4.78, 5) is 0. The van der Waals surface area contributed by atoms with Gasteiger partial charge >= 0.3 is 0 Å². The van der Waals surface area contributed by atoms with Crippen LogP contribution in [0.5, 0.6) is 0 Å². The SMILES string of the molecule is C=S(C)C1CCCC1. The van der Waals surface area contributed by atoms with Gasteiger partial charge in [0.05, 0.1) is 0 Å². The molecule has 1 unspecified atom stereocenters. The van der Waals surface area contributed by atoms with Crippen molar-refractivity contribution in [1.82, 2.24) is 0 Å². The third kappa shape index (κ3) is 1.35. The molecule has 1 fully saturated rings. The third-order valence-corrected chi connectivity index (χ3v) is 3.48. The van der Waals surface area contributed by atoms with Crippen molar-refractivity contribution < 1.29 is 0 Å². The van der Waals surface area contributed by atoms with E-state index in [1.807, 2.05) is 0 Å². The third-order valence-electron chi connectivity index (χ3n) is 1.87. The fraction of sp³-hybridized carbons (Fsp3) is 0.857. The van der Waals surface area contributed by atoms with Crippen molar-refractivity contribution in [3.8, 4) is 0 Å². The molecule has 1 rings (SSSR count). The summed E-state index contributed by atoms with van der Waals surface area (Å²) in [5.74, 6) is 4.05. The summed E-state index contributed by atoms with van der Waals surface area (Å²) in [5, 5.41) is 0.981. The lowest BCUT2D eigenvalue weighted by molar-refractivity contribution is 0.886. The van der Waals surface area contributed by atoms with Crippen LogP contribution in [0, 0.1) is 0 Å². The van der Waals surface area contributed by atoms with Gasteiger partial charge in [0, 0.05) is 0 Å². The van der Waals surface area contributed by atoms with Gasteiger partial charge < -0.3 is 0 Å². The van der Waals surface area contributed by atoms with E-state index in [1.165, 1.54) is 25.7 Å². The quantitative estimate of drug-likeness (QED) is 0.478. The Bertz CT molecular complexity index is 90.6. The largest absolute Gasteiger partial charge is 0.193 e. The number of hydrogen-bond acceptors (Lipinski definition) is 0. The zero-order chi connectivity index (χ0) is 5.98. The molecule has 0 bridgehead atoms. The maximum absolute atomic E-state index is 4.05. The first-order chi connectivity index (χ1) is 3.80. The van der Waals surface area contributed by atoms with E-state index in [0.29, 0.717) is 10.5 Å². The Morgan fingerprint density at radius 3 is 2.12 bits per heavy atom. The Kier molecular flexibility index (Phi) is 2.12. The summed E-state index contributed by atoms with van der Waals surface area (Å²) >= 11 is 0. The summed E-state index contributed by atoms with van der Waals surface area (Å²) in [7, 11) is 0.459. The molecule has 0 saturated heterocycles. The predicted octanol–water partition coefficient (Wildman–Crippen LogP) is 2.26. The van der Waals surface area contributed by atoms with E-state index in [-0.39, 0.29) is 0 Å². The van der Waals surface area contributed by atoms with Crippen molar-refractivity contribution in [2.24, 2.45) is 0 Å². The lowest BCUT2D eigenvalue weighted by Gasteiger charge is -2.06. The minimum absolute atomic E-state index is 0.459. The lowest BCUT2D eigenvalue weighted by Crippen LogP contribution is -1.93. The number of hydrogen-bond donors (Lipinski definition) is 0. The molecule has 0 nitrogen and oxygen atoms in total. The fourth-order valence-electron chi connectivity index (χ4n) is 1.29. The molecular formula is C7H14S. The predicted molar refractivity (Wildman–Crippen MR) is 42.9 cm³/mol. The molecule has 0 aromatic heterocycles. The molecule has 0 aromatic carbocycles. The normalized spacial score (nSPS) is 26.1. The maximum atomic E-state index is 4.05. The Labute approximate surface area is 54.2 Å². The van der Waals surface area contributed by atoms with Gasteiger partial charge in [-0.2, -0.15) is 10.5 Å². The van der Waals surface area contributed by atoms with Crippen LogP contribution in [0.2, 0.25) is 0 Å². The van der Waals surface area contributed by atoms with Gasteiger partial charge in [-0.05, 0) is 24.3 Å². The van der Waals surface area contributed by atoms with Gasteiger partial charge in [0.15, 0.2) is 0 Å². The summed E-state index contributed by atoms with van der Waals surface area (Å²) in [5.41, 5.74) is 0. The molecule has 8 heavy (non-hydrogen) atoms. The van der Waals surface area contributed by atoms with Crippen LogP contribution in [0.25, 0.3) is 0 Å². The average Bonchev–Trinajstić information content (AvgIpc) is 2.12. The van der Waals surface area contributed by atoms with Gasteiger partial charge in [0.2, 0.25) is 0 Å². The molecule has 1 aliphatic rings. The van der Waals surface area contributed by atoms with Crippen molar-refractivity contribution in [3.05, 3.63) is 0 Å². The average molecular weight is 130 g/mol. The van der Waals surface area contributed by atoms with Gasteiger partial charge in [-0.15, -0.1) is 0 Å². The van der Waals surface area contributed by atoms with Gasteiger partial charge in [-0.3, -0.25) is 0 Å². The summed E-state index contributed by atoms with van der Waals surface area (Å²) in [6.07, 6.45) is 8.07. The van der Waals surface area contributed by atoms with E-state index in [1.54, 1.807) is 0 Å². The molecule has 1 saturated carbocycles. The Morgan fingerprint density at radius 1 is 1.38 bits per heavy atom. The molecular weight excluding hydrogens is 116 g/mol. The molecule has 1 atom stereocenters. The molecule has 48 valence electrons. The standard InChI is InChI=1S/C7H14S/c1-8(2)7-5-3-4-6-7/h7H,1,3-6H2,2H3. The molecule has 0 aromatic rings. The minimum atomic E-state index is 0.459. The van der Waals surface area contributed by atoms with Crippen molar-refractivity contribution in [2.75, 3.05) is 6.26 Å². The van der Waals surface area contributed by atoms with Crippen molar-refractivity contribution >= 4 is 16.4 Å². The van der Waals surface area contributed by atoms with Gasteiger partial charge in [-0.1, -0.05) is 18.7 Å². The second-order valence-electron chi connectivity index (χ2n) is 2.60. The van der Waals surface area contributed by atoms with Crippen LogP contribution in [0.3, 0.4) is 0 Å². The van der Waals surface area contributed by atoms with Crippen LogP contribution >= 0.6 is 10.5 Å². The topological polar surface area (TPSA) is 0 Å². The number of rotatable bonds is 1. The molecule has 0 N–H and O–H groups in total. The molecule has 1 heteroatoms. The second kappa shape index (κ2) is 2.67. The van der Waals surface area contributed by atoms with E-state index < -0.39 is 0 Å². The Balaban J connectivity index is 2.35. The molecule has 0 radical (unpaired) electrons. The molecule has 1 aliphatic carbocycles. The highest BCUT2D eigenvalue weighted by atomic mass is 32.2. The zero-order valence-corrected chi connectivity index (χ0v) is 6.34. The first-order valence-electron chi connectivity index (χ1n) is 3.25. The summed E-state index contributed by atoms with van der Waals surface area (Å²) < 4.78 is 0. The summed E-state index contributed by atoms with van der Waals surface area (Å²) in [6, 6.07) is 0. The highest BCUT2D eigenvalue weighted by Gasteiger charge is 2.13. The van der Waals surface area contributed by atoms with Crippen LogP contribution in [0.1, 0.15) is 25.7 Å². The van der Waals surface area contributed by atoms with E-state index in [0.717, 1.165) is 5.25 Å². The van der Waals surface area contributed by atoms with Gasteiger partial charge in [0.1, 0.15) is 0 Å². The molecule has 0 aliphatic heterocycles. The first kappa shape index (κ1) is 6.34. The van der Waals surface area contributed by atoms with Gasteiger partial charge in [-0.25, -0.2) is 0 Å². The monoisotopic (exact) mass is 130 g/mol. The van der Waals surface area contributed by atoms with Crippen molar-refractivity contribution in [1.29, 1.82) is 0 Å². The highest BCUT2D eigenvalue weighted by molar-refractivity contribution is 8.14. The van der Waals surface area contributed by atoms with Crippen LogP contribution in [0.15, 0.2) is 0 Å². The minimum Gasteiger partial charge on any atom is -0.193 e. The fourth-order valence-corrected chi connectivity index (χ4v) is 2.43. The van der Waals surface area contributed by atoms with E-state index in [9.17, 15) is 0 Å². The van der Waals surface area contributed by atoms with E-state index in [4.69, 9.17) is 0 Å². The van der Waals surface area contributed by atoms with E-state index in [2.05, 4.69) is 12.1 Å². The Morgan fingerprint density at radius 2 is 1.88 bits per heavy atom. The lowest BCUT2D eigenvalue weighted by atomic mass is 10.4. The molecule has 0 amide bonds. The second-order valence-corrected chi connectivity index (χ2v) is 4.65. The molecule has 0 spiro atoms. The Hall–Kier alpha value is 0.220. The zero-order valence-electron chi connectivity index (χ0n) is 5.52.